The van der Waals surface area contributed by atoms with E-state index in [1.165, 1.54) is 0 Å². The van der Waals surface area contributed by atoms with Crippen LogP contribution in [0.25, 0.3) is 11.3 Å². The number of halogens is 1. The number of nitrogen functional groups attached to an aromatic ring is 1. The lowest BCUT2D eigenvalue weighted by Gasteiger charge is -2.05. The Hall–Kier alpha value is -2.99. The van der Waals surface area contributed by atoms with Crippen LogP contribution in [0.4, 0.5) is 0 Å². The smallest absolute Gasteiger partial charge is 0.220 e. The van der Waals surface area contributed by atoms with Crippen LogP contribution in [0, 0.1) is 5.41 Å². The molecule has 1 heterocycles. The van der Waals surface area contributed by atoms with Crippen molar-refractivity contribution in [1.29, 1.82) is 5.41 Å². The first kappa shape index (κ1) is 17.8. The summed E-state index contributed by atoms with van der Waals surface area (Å²) in [6, 6.07) is 14.9. The Balaban J connectivity index is 1.97. The van der Waals surface area contributed by atoms with Gasteiger partial charge in [0.25, 0.3) is 0 Å². The van der Waals surface area contributed by atoms with Gasteiger partial charge >= 0.3 is 0 Å². The molecule has 0 atom stereocenters. The first-order valence-electron chi connectivity index (χ1n) is 8.03. The van der Waals surface area contributed by atoms with Gasteiger partial charge < -0.3 is 15.6 Å². The van der Waals surface area contributed by atoms with Crippen LogP contribution in [0.5, 0.6) is 11.6 Å². The van der Waals surface area contributed by atoms with Gasteiger partial charge in [0.1, 0.15) is 11.4 Å². The molecule has 0 amide bonds. The van der Waals surface area contributed by atoms with Crippen molar-refractivity contribution in [3.8, 4) is 22.9 Å². The summed E-state index contributed by atoms with van der Waals surface area (Å²) in [7, 11) is 1.60. The summed E-state index contributed by atoms with van der Waals surface area (Å²) in [5, 5.41) is 23.1. The summed E-state index contributed by atoms with van der Waals surface area (Å²) in [6.45, 7) is 0. The van der Waals surface area contributed by atoms with Crippen molar-refractivity contribution in [2.24, 2.45) is 5.73 Å². The second kappa shape index (κ2) is 7.49. The normalized spacial score (nSPS) is 10.7. The molecule has 7 heteroatoms. The molecular weight excluding hydrogens is 352 g/mol. The third kappa shape index (κ3) is 3.65. The average Bonchev–Trinajstić information content (AvgIpc) is 2.97. The Morgan fingerprint density at radius 1 is 1.23 bits per heavy atom. The van der Waals surface area contributed by atoms with Crippen LogP contribution in [-0.2, 0) is 12.8 Å². The molecule has 0 aliphatic rings. The maximum Gasteiger partial charge on any atom is 0.220 e. The van der Waals surface area contributed by atoms with Crippen molar-refractivity contribution in [3.63, 3.8) is 0 Å². The minimum atomic E-state index is -0.341. The first-order chi connectivity index (χ1) is 12.5. The van der Waals surface area contributed by atoms with Crippen molar-refractivity contribution in [1.82, 2.24) is 9.78 Å². The highest BCUT2D eigenvalue weighted by Gasteiger charge is 2.20. The zero-order valence-corrected chi connectivity index (χ0v) is 15.0. The largest absolute Gasteiger partial charge is 0.497 e. The van der Waals surface area contributed by atoms with Crippen LogP contribution in [-0.4, -0.2) is 28.0 Å². The molecule has 6 nitrogen and oxygen atoms in total. The van der Waals surface area contributed by atoms with E-state index in [-0.39, 0.29) is 11.8 Å². The molecule has 0 unspecified atom stereocenters. The highest BCUT2D eigenvalue weighted by atomic mass is 35.5. The summed E-state index contributed by atoms with van der Waals surface area (Å²) >= 11 is 6.04. The molecule has 0 spiro atoms. The van der Waals surface area contributed by atoms with E-state index in [1.54, 1.807) is 7.11 Å². The molecule has 0 bridgehead atoms. The zero-order valence-electron chi connectivity index (χ0n) is 14.2. The highest BCUT2D eigenvalue weighted by Crippen LogP contribution is 2.32. The second-order valence-corrected chi connectivity index (χ2v) is 6.24. The van der Waals surface area contributed by atoms with Gasteiger partial charge in [0.15, 0.2) is 0 Å². The molecule has 4 N–H and O–H groups in total. The molecule has 0 aliphatic heterocycles. The summed E-state index contributed by atoms with van der Waals surface area (Å²) in [5.41, 5.74) is 8.61. The van der Waals surface area contributed by atoms with Crippen LogP contribution >= 0.6 is 11.6 Å². The molecule has 0 saturated heterocycles. The quantitative estimate of drug-likeness (QED) is 0.473. The Bertz CT molecular complexity index is 935. The maximum absolute atomic E-state index is 10.5. The highest BCUT2D eigenvalue weighted by molar-refractivity contribution is 6.30. The predicted octanol–water partition coefficient (Wildman–Crippen LogP) is 3.44. The van der Waals surface area contributed by atoms with E-state index >= 15 is 0 Å². The van der Waals surface area contributed by atoms with Crippen LogP contribution < -0.4 is 10.5 Å². The molecule has 26 heavy (non-hydrogen) atoms. The Labute approximate surface area is 156 Å². The molecule has 0 fully saturated rings. The lowest BCUT2D eigenvalue weighted by molar-refractivity contribution is 0.415. The van der Waals surface area contributed by atoms with Gasteiger partial charge in [-0.2, -0.15) is 9.78 Å². The lowest BCUT2D eigenvalue weighted by Crippen LogP contribution is -2.21. The summed E-state index contributed by atoms with van der Waals surface area (Å²) in [6.07, 6.45) is 1.20. The average molecular weight is 371 g/mol. The van der Waals surface area contributed by atoms with Gasteiger partial charge in [-0.25, -0.2) is 0 Å². The van der Waals surface area contributed by atoms with Crippen molar-refractivity contribution in [3.05, 3.63) is 64.7 Å². The van der Waals surface area contributed by atoms with E-state index in [2.05, 4.69) is 5.10 Å². The van der Waals surface area contributed by atoms with Crippen LogP contribution in [0.2, 0.25) is 5.02 Å². The zero-order chi connectivity index (χ0) is 18.7. The van der Waals surface area contributed by atoms with Gasteiger partial charge in [0.2, 0.25) is 11.8 Å². The van der Waals surface area contributed by atoms with Gasteiger partial charge in [-0.1, -0.05) is 23.7 Å². The van der Waals surface area contributed by atoms with Gasteiger partial charge in [-0.05, 0) is 54.8 Å². The molecule has 134 valence electrons. The molecular formula is C19H19ClN4O2. The number of methoxy groups -OCH3 is 1. The predicted molar refractivity (Wildman–Crippen MR) is 102 cm³/mol. The van der Waals surface area contributed by atoms with Gasteiger partial charge in [0, 0.05) is 16.1 Å². The first-order valence-corrected chi connectivity index (χ1v) is 8.41. The fraction of sp³-hybridized carbons (Fsp3) is 0.158. The number of aryl methyl sites for hydroxylation is 1. The van der Waals surface area contributed by atoms with Crippen molar-refractivity contribution in [2.75, 3.05) is 7.11 Å². The number of nitrogens with two attached hydrogens (primary N) is 1. The van der Waals surface area contributed by atoms with Crippen LogP contribution in [0.15, 0.2) is 48.5 Å². The second-order valence-electron chi connectivity index (χ2n) is 5.81. The lowest BCUT2D eigenvalue weighted by atomic mass is 10.0. The summed E-state index contributed by atoms with van der Waals surface area (Å²) < 4.78 is 6.21. The van der Waals surface area contributed by atoms with Crippen molar-refractivity contribution < 1.29 is 9.84 Å². The SMILES string of the molecule is COc1ccc(-c2nn(C(=N)N)c(O)c2CCc2cccc(Cl)c2)cc1. The molecule has 1 aromatic heterocycles. The van der Waals surface area contributed by atoms with E-state index < -0.39 is 0 Å². The molecule has 0 radical (unpaired) electrons. The molecule has 3 rings (SSSR count). The van der Waals surface area contributed by atoms with Gasteiger partial charge in [-0.3, -0.25) is 5.41 Å². The van der Waals surface area contributed by atoms with E-state index in [1.807, 2.05) is 48.5 Å². The van der Waals surface area contributed by atoms with E-state index in [4.69, 9.17) is 27.5 Å². The monoisotopic (exact) mass is 370 g/mol. The number of benzene rings is 2. The number of nitrogens with zero attached hydrogens (tertiary/aromatic N) is 2. The number of ether oxygens (including phenoxy) is 1. The Morgan fingerprint density at radius 3 is 2.58 bits per heavy atom. The number of hydrogen-bond donors (Lipinski definition) is 3. The van der Waals surface area contributed by atoms with Gasteiger partial charge in [0.05, 0.1) is 7.11 Å². The number of hydrogen-bond acceptors (Lipinski definition) is 4. The summed E-state index contributed by atoms with van der Waals surface area (Å²) in [4.78, 5) is 0. The molecule has 0 saturated carbocycles. The minimum Gasteiger partial charge on any atom is -0.497 e. The van der Waals surface area contributed by atoms with Crippen LogP contribution in [0.1, 0.15) is 11.1 Å². The number of nitrogens with one attached hydrogen (secondary N) is 1. The number of aromatic nitrogens is 2. The van der Waals surface area contributed by atoms with E-state index in [0.717, 1.165) is 21.6 Å². The minimum absolute atomic E-state index is 0.120. The van der Waals surface area contributed by atoms with Crippen molar-refractivity contribution in [2.45, 2.75) is 12.8 Å². The fourth-order valence-corrected chi connectivity index (χ4v) is 3.00. The molecule has 2 aromatic carbocycles. The molecule has 0 aliphatic carbocycles. The number of rotatable bonds is 5. The fourth-order valence-electron chi connectivity index (χ4n) is 2.78. The topological polar surface area (TPSA) is 97.2 Å². The Morgan fingerprint density at radius 2 is 1.96 bits per heavy atom. The third-order valence-corrected chi connectivity index (χ3v) is 4.34. The third-order valence-electron chi connectivity index (χ3n) is 4.10. The summed E-state index contributed by atoms with van der Waals surface area (Å²) in [5.74, 6) is 0.265. The maximum atomic E-state index is 10.5. The van der Waals surface area contributed by atoms with E-state index in [0.29, 0.717) is 29.1 Å². The molecule has 3 aromatic rings. The van der Waals surface area contributed by atoms with E-state index in [9.17, 15) is 5.11 Å². The standard InChI is InChI=1S/C19H19ClN4O2/c1-26-15-8-6-13(7-9-15)17-16(18(25)24(23-17)19(21)22)10-5-12-3-2-4-14(20)11-12/h2-4,6-9,11,25H,5,10H2,1H3,(H3,21,22). The van der Waals surface area contributed by atoms with Gasteiger partial charge in [-0.15, -0.1) is 0 Å². The van der Waals surface area contributed by atoms with Crippen molar-refractivity contribution >= 4 is 17.6 Å². The Kier molecular flexibility index (Phi) is 5.14. The van der Waals surface area contributed by atoms with Crippen LogP contribution in [0.3, 0.4) is 0 Å². The number of aromatic hydroxyl groups is 1.